The van der Waals surface area contributed by atoms with E-state index in [1.165, 1.54) is 0 Å². The summed E-state index contributed by atoms with van der Waals surface area (Å²) in [5, 5.41) is 2.68. The van der Waals surface area contributed by atoms with Crippen LogP contribution in [0.2, 0.25) is 0 Å². The lowest BCUT2D eigenvalue weighted by molar-refractivity contribution is -0.109. The molecule has 1 atom stereocenters. The monoisotopic (exact) mass is 153 g/mol. The van der Waals surface area contributed by atoms with E-state index in [1.54, 1.807) is 0 Å². The largest absolute Gasteiger partial charge is 0.352 e. The molecule has 0 aliphatic rings. The Kier molecular flexibility index (Phi) is 5.17. The van der Waals surface area contributed by atoms with Gasteiger partial charge in [0, 0.05) is 0 Å². The van der Waals surface area contributed by atoms with Crippen LogP contribution in [-0.2, 0) is 4.79 Å². The molecule has 0 radical (unpaired) electrons. The first-order chi connectivity index (χ1) is 5.26. The molecule has 0 aliphatic carbocycles. The van der Waals surface area contributed by atoms with Crippen LogP contribution in [0.5, 0.6) is 0 Å². The second-order valence-corrected chi connectivity index (χ2v) is 2.29. The van der Waals surface area contributed by atoms with Gasteiger partial charge in [0.15, 0.2) is 0 Å². The van der Waals surface area contributed by atoms with Crippen LogP contribution in [-0.4, -0.2) is 12.5 Å². The average molecular weight is 153 g/mol. The zero-order valence-electron chi connectivity index (χ0n) is 7.29. The molecule has 2 nitrogen and oxygen atoms in total. The number of rotatable bonds is 4. The van der Waals surface area contributed by atoms with E-state index < -0.39 is 0 Å². The Hall–Kier alpha value is -1.05. The predicted octanol–water partition coefficient (Wildman–Crippen LogP) is 1.64. The Morgan fingerprint density at radius 2 is 2.09 bits per heavy atom. The van der Waals surface area contributed by atoms with Gasteiger partial charge in [-0.1, -0.05) is 18.2 Å². The molecule has 0 heterocycles. The van der Waals surface area contributed by atoms with Crippen LogP contribution in [0.4, 0.5) is 0 Å². The van der Waals surface area contributed by atoms with Crippen LogP contribution in [0.15, 0.2) is 23.8 Å². The number of carbonyl (C=O) groups excluding carboxylic acids is 1. The fourth-order valence-corrected chi connectivity index (χ4v) is 0.881. The first-order valence-corrected chi connectivity index (χ1v) is 3.74. The number of nitrogens with one attached hydrogen (secondary N) is 1. The van der Waals surface area contributed by atoms with E-state index in [0.29, 0.717) is 0 Å². The number of amides is 1. The van der Waals surface area contributed by atoms with Gasteiger partial charge in [0.1, 0.15) is 0 Å². The molecule has 1 amide bonds. The van der Waals surface area contributed by atoms with E-state index in [9.17, 15) is 4.79 Å². The maximum atomic E-state index is 10.1. The third kappa shape index (κ3) is 3.61. The lowest BCUT2D eigenvalue weighted by atomic mass is 10.1. The maximum Gasteiger partial charge on any atom is 0.207 e. The van der Waals surface area contributed by atoms with Gasteiger partial charge in [0.25, 0.3) is 0 Å². The van der Waals surface area contributed by atoms with Gasteiger partial charge >= 0.3 is 0 Å². The van der Waals surface area contributed by atoms with E-state index >= 15 is 0 Å². The number of allylic oxidation sites excluding steroid dienone is 2. The highest BCUT2D eigenvalue weighted by Crippen LogP contribution is 2.02. The highest BCUT2D eigenvalue weighted by molar-refractivity contribution is 5.48. The van der Waals surface area contributed by atoms with Crippen molar-refractivity contribution in [3.63, 3.8) is 0 Å². The molecular weight excluding hydrogens is 138 g/mol. The molecule has 2 heteroatoms. The molecule has 0 aliphatic heterocycles. The molecule has 0 unspecified atom stereocenters. The van der Waals surface area contributed by atoms with Gasteiger partial charge in [-0.3, -0.25) is 4.79 Å². The summed E-state index contributed by atoms with van der Waals surface area (Å²) < 4.78 is 0. The van der Waals surface area contributed by atoms with Crippen molar-refractivity contribution >= 4 is 6.41 Å². The summed E-state index contributed by atoms with van der Waals surface area (Å²) in [7, 11) is 0. The molecule has 0 fully saturated rings. The molecule has 0 saturated carbocycles. The van der Waals surface area contributed by atoms with Crippen molar-refractivity contribution in [2.75, 3.05) is 0 Å². The maximum absolute atomic E-state index is 10.1. The molecule has 0 aromatic carbocycles. The quantitative estimate of drug-likeness (QED) is 0.483. The molecule has 1 N–H and O–H groups in total. The van der Waals surface area contributed by atoms with E-state index in [-0.39, 0.29) is 6.04 Å². The molecule has 0 aromatic rings. The van der Waals surface area contributed by atoms with Crippen molar-refractivity contribution in [2.45, 2.75) is 26.8 Å². The zero-order valence-corrected chi connectivity index (χ0v) is 7.29. The van der Waals surface area contributed by atoms with Crippen molar-refractivity contribution in [1.29, 1.82) is 0 Å². The molecule has 0 bridgehead atoms. The SMILES string of the molecule is C/C=C\C(=C/C)[C@@H](C)NC=O. The van der Waals surface area contributed by atoms with Crippen molar-refractivity contribution in [3.8, 4) is 0 Å². The first-order valence-electron chi connectivity index (χ1n) is 3.74. The van der Waals surface area contributed by atoms with Gasteiger partial charge in [0.2, 0.25) is 6.41 Å². The second-order valence-electron chi connectivity index (χ2n) is 2.29. The molecular formula is C9H15NO. The second kappa shape index (κ2) is 5.71. The Morgan fingerprint density at radius 1 is 1.45 bits per heavy atom. The fraction of sp³-hybridized carbons (Fsp3) is 0.444. The van der Waals surface area contributed by atoms with Crippen LogP contribution in [0.25, 0.3) is 0 Å². The van der Waals surface area contributed by atoms with Crippen LogP contribution in [0, 0.1) is 0 Å². The summed E-state index contributed by atoms with van der Waals surface area (Å²) in [5.74, 6) is 0. The van der Waals surface area contributed by atoms with Crippen molar-refractivity contribution in [1.82, 2.24) is 5.32 Å². The summed E-state index contributed by atoms with van der Waals surface area (Å²) in [6.45, 7) is 5.86. The lowest BCUT2D eigenvalue weighted by Gasteiger charge is -2.10. The van der Waals surface area contributed by atoms with E-state index in [0.717, 1.165) is 12.0 Å². The minimum Gasteiger partial charge on any atom is -0.352 e. The van der Waals surface area contributed by atoms with Gasteiger partial charge < -0.3 is 5.32 Å². The molecule has 0 aromatic heterocycles. The summed E-state index contributed by atoms with van der Waals surface area (Å²) in [5.41, 5.74) is 1.12. The van der Waals surface area contributed by atoms with Crippen molar-refractivity contribution in [3.05, 3.63) is 23.8 Å². The average Bonchev–Trinajstić information content (AvgIpc) is 2.00. The molecule has 62 valence electrons. The number of hydrogen-bond donors (Lipinski definition) is 1. The topological polar surface area (TPSA) is 29.1 Å². The normalized spacial score (nSPS) is 15.0. The predicted molar refractivity (Wildman–Crippen MR) is 47.2 cm³/mol. The Labute approximate surface area is 68.0 Å². The van der Waals surface area contributed by atoms with Gasteiger partial charge in [-0.05, 0) is 26.3 Å². The molecule has 0 saturated heterocycles. The minimum atomic E-state index is 0.105. The lowest BCUT2D eigenvalue weighted by Crippen LogP contribution is -2.25. The van der Waals surface area contributed by atoms with Crippen LogP contribution in [0.1, 0.15) is 20.8 Å². The van der Waals surface area contributed by atoms with Crippen LogP contribution < -0.4 is 5.32 Å². The smallest absolute Gasteiger partial charge is 0.207 e. The minimum absolute atomic E-state index is 0.105. The number of carbonyl (C=O) groups is 1. The Balaban J connectivity index is 4.14. The fourth-order valence-electron chi connectivity index (χ4n) is 0.881. The Morgan fingerprint density at radius 3 is 2.45 bits per heavy atom. The van der Waals surface area contributed by atoms with Gasteiger partial charge in [0.05, 0.1) is 6.04 Å². The summed E-state index contributed by atoms with van der Waals surface area (Å²) in [6.07, 6.45) is 6.65. The summed E-state index contributed by atoms with van der Waals surface area (Å²) in [4.78, 5) is 10.1. The third-order valence-electron chi connectivity index (χ3n) is 1.51. The van der Waals surface area contributed by atoms with Crippen molar-refractivity contribution < 1.29 is 4.79 Å². The van der Waals surface area contributed by atoms with Gasteiger partial charge in [-0.15, -0.1) is 0 Å². The highest BCUT2D eigenvalue weighted by atomic mass is 16.1. The standard InChI is InChI=1S/C9H15NO/c1-4-6-9(5-2)8(3)10-7-11/h4-8H,1-3H3,(H,10,11)/b6-4-,9-5+/t8-/m1/s1. The molecule has 0 spiro atoms. The zero-order chi connectivity index (χ0) is 8.69. The van der Waals surface area contributed by atoms with E-state index in [1.807, 2.05) is 39.0 Å². The van der Waals surface area contributed by atoms with Crippen LogP contribution >= 0.6 is 0 Å². The van der Waals surface area contributed by atoms with Gasteiger partial charge in [-0.2, -0.15) is 0 Å². The molecule has 11 heavy (non-hydrogen) atoms. The highest BCUT2D eigenvalue weighted by Gasteiger charge is 2.00. The Bertz CT molecular complexity index is 170. The molecule has 0 rings (SSSR count). The van der Waals surface area contributed by atoms with E-state index in [2.05, 4.69) is 5.32 Å². The van der Waals surface area contributed by atoms with Gasteiger partial charge in [-0.25, -0.2) is 0 Å². The summed E-state index contributed by atoms with van der Waals surface area (Å²) >= 11 is 0. The van der Waals surface area contributed by atoms with Crippen LogP contribution in [0.3, 0.4) is 0 Å². The first kappa shape index (κ1) is 9.95. The van der Waals surface area contributed by atoms with Crippen molar-refractivity contribution in [2.24, 2.45) is 0 Å². The third-order valence-corrected chi connectivity index (χ3v) is 1.51. The number of hydrogen-bond acceptors (Lipinski definition) is 1. The summed E-state index contributed by atoms with van der Waals surface area (Å²) in [6, 6.07) is 0.105. The van der Waals surface area contributed by atoms with E-state index in [4.69, 9.17) is 0 Å².